The average Bonchev–Trinajstić information content (AvgIpc) is 2.19. The Balaban J connectivity index is 2.98. The number of halogens is 1. The lowest BCUT2D eigenvalue weighted by Gasteiger charge is -2.29. The summed E-state index contributed by atoms with van der Waals surface area (Å²) in [6.07, 6.45) is 0. The minimum atomic E-state index is 0.632. The van der Waals surface area contributed by atoms with Gasteiger partial charge in [-0.2, -0.15) is 0 Å². The van der Waals surface area contributed by atoms with E-state index in [1.165, 1.54) is 0 Å². The molecule has 0 saturated carbocycles. The number of hydrogen-bond donors (Lipinski definition) is 1. The summed E-state index contributed by atoms with van der Waals surface area (Å²) in [5.41, 5.74) is 8.08. The van der Waals surface area contributed by atoms with Crippen LogP contribution in [0.2, 0.25) is 0 Å². The number of anilines is 2. The van der Waals surface area contributed by atoms with Crippen molar-refractivity contribution in [3.63, 3.8) is 0 Å². The van der Waals surface area contributed by atoms with E-state index >= 15 is 0 Å². The van der Waals surface area contributed by atoms with Crippen molar-refractivity contribution >= 4 is 27.3 Å². The van der Waals surface area contributed by atoms with Crippen LogP contribution >= 0.6 is 15.9 Å². The first-order chi connectivity index (χ1) is 7.90. The molecule has 0 aliphatic rings. The van der Waals surface area contributed by atoms with E-state index in [4.69, 9.17) is 5.73 Å². The van der Waals surface area contributed by atoms with Gasteiger partial charge >= 0.3 is 0 Å². The molecule has 0 aromatic heterocycles. The van der Waals surface area contributed by atoms with E-state index < -0.39 is 0 Å². The van der Waals surface area contributed by atoms with Crippen molar-refractivity contribution in [3.8, 4) is 0 Å². The van der Waals surface area contributed by atoms with Gasteiger partial charge in [-0.25, -0.2) is 0 Å². The lowest BCUT2D eigenvalue weighted by molar-refractivity contribution is 0.553. The van der Waals surface area contributed by atoms with Gasteiger partial charge in [-0.1, -0.05) is 43.6 Å². The lowest BCUT2D eigenvalue weighted by atomic mass is 10.1. The summed E-state index contributed by atoms with van der Waals surface area (Å²) in [7, 11) is 0. The summed E-state index contributed by atoms with van der Waals surface area (Å²) < 4.78 is 1.08. The van der Waals surface area contributed by atoms with E-state index in [-0.39, 0.29) is 0 Å². The lowest BCUT2D eigenvalue weighted by Crippen LogP contribution is -2.31. The van der Waals surface area contributed by atoms with Crippen LogP contribution < -0.4 is 10.6 Å². The second-order valence-corrected chi connectivity index (χ2v) is 6.31. The molecule has 0 amide bonds. The van der Waals surface area contributed by atoms with Crippen LogP contribution in [0, 0.1) is 11.8 Å². The minimum Gasteiger partial charge on any atom is -0.397 e. The van der Waals surface area contributed by atoms with Crippen molar-refractivity contribution < 1.29 is 0 Å². The molecule has 0 unspecified atom stereocenters. The summed E-state index contributed by atoms with van der Waals surface area (Å²) >= 11 is 3.51. The van der Waals surface area contributed by atoms with Crippen LogP contribution in [0.25, 0.3) is 0 Å². The van der Waals surface area contributed by atoms with Crippen molar-refractivity contribution in [2.45, 2.75) is 27.7 Å². The fourth-order valence-corrected chi connectivity index (χ4v) is 2.29. The standard InChI is InChI=1S/C14H23BrN2/c1-10(2)8-17(9-11(3)4)14-7-12(15)5-6-13(14)16/h5-7,10-11H,8-9,16H2,1-4H3. The fraction of sp³-hybridized carbons (Fsp3) is 0.571. The highest BCUT2D eigenvalue weighted by Gasteiger charge is 2.13. The number of nitrogens with two attached hydrogens (primary N) is 1. The van der Waals surface area contributed by atoms with Gasteiger partial charge in [-0.05, 0) is 30.0 Å². The monoisotopic (exact) mass is 298 g/mol. The second kappa shape index (κ2) is 6.29. The maximum Gasteiger partial charge on any atom is 0.0611 e. The molecule has 0 aliphatic heterocycles. The first kappa shape index (κ1) is 14.4. The molecule has 0 radical (unpaired) electrons. The van der Waals surface area contributed by atoms with Gasteiger partial charge in [-0.3, -0.25) is 0 Å². The van der Waals surface area contributed by atoms with E-state index in [9.17, 15) is 0 Å². The average molecular weight is 299 g/mol. The molecule has 3 heteroatoms. The summed E-state index contributed by atoms with van der Waals surface area (Å²) in [6, 6.07) is 6.06. The molecule has 0 bridgehead atoms. The molecule has 0 saturated heterocycles. The van der Waals surface area contributed by atoms with Crippen molar-refractivity contribution in [2.75, 3.05) is 23.7 Å². The van der Waals surface area contributed by atoms with Gasteiger partial charge in [0.1, 0.15) is 0 Å². The molecule has 0 atom stereocenters. The zero-order valence-corrected chi connectivity index (χ0v) is 12.8. The van der Waals surface area contributed by atoms with Crippen molar-refractivity contribution in [3.05, 3.63) is 22.7 Å². The molecule has 0 aliphatic carbocycles. The van der Waals surface area contributed by atoms with Crippen LogP contribution in [0.4, 0.5) is 11.4 Å². The Bertz CT molecular complexity index is 351. The molecule has 1 aromatic rings. The Morgan fingerprint density at radius 2 is 1.65 bits per heavy atom. The third-order valence-electron chi connectivity index (χ3n) is 2.50. The first-order valence-corrected chi connectivity index (χ1v) is 6.99. The Hall–Kier alpha value is -0.700. The molecule has 2 N–H and O–H groups in total. The number of hydrogen-bond acceptors (Lipinski definition) is 2. The van der Waals surface area contributed by atoms with Gasteiger partial charge in [0.25, 0.3) is 0 Å². The SMILES string of the molecule is CC(C)CN(CC(C)C)c1cc(Br)ccc1N. The van der Waals surface area contributed by atoms with E-state index in [1.54, 1.807) is 0 Å². The van der Waals surface area contributed by atoms with Gasteiger partial charge in [0, 0.05) is 17.6 Å². The highest BCUT2D eigenvalue weighted by Crippen LogP contribution is 2.28. The number of rotatable bonds is 5. The number of nitrogens with zero attached hydrogens (tertiary/aromatic N) is 1. The molecular weight excluding hydrogens is 276 g/mol. The largest absolute Gasteiger partial charge is 0.397 e. The first-order valence-electron chi connectivity index (χ1n) is 6.20. The molecule has 0 fully saturated rings. The highest BCUT2D eigenvalue weighted by atomic mass is 79.9. The van der Waals surface area contributed by atoms with Crippen LogP contribution in [0.15, 0.2) is 22.7 Å². The van der Waals surface area contributed by atoms with Gasteiger partial charge in [0.15, 0.2) is 0 Å². The van der Waals surface area contributed by atoms with Gasteiger partial charge < -0.3 is 10.6 Å². The zero-order chi connectivity index (χ0) is 13.0. The summed E-state index contributed by atoms with van der Waals surface area (Å²) in [6.45, 7) is 11.0. The van der Waals surface area contributed by atoms with E-state index in [0.29, 0.717) is 11.8 Å². The van der Waals surface area contributed by atoms with E-state index in [1.807, 2.05) is 12.1 Å². The maximum absolute atomic E-state index is 6.08. The molecule has 1 rings (SSSR count). The van der Waals surface area contributed by atoms with Crippen LogP contribution in [0.3, 0.4) is 0 Å². The molecule has 2 nitrogen and oxygen atoms in total. The van der Waals surface area contributed by atoms with Crippen LogP contribution in [-0.4, -0.2) is 13.1 Å². The topological polar surface area (TPSA) is 29.3 Å². The predicted molar refractivity (Wildman–Crippen MR) is 80.4 cm³/mol. The zero-order valence-electron chi connectivity index (χ0n) is 11.2. The van der Waals surface area contributed by atoms with Crippen LogP contribution in [-0.2, 0) is 0 Å². The minimum absolute atomic E-state index is 0.632. The van der Waals surface area contributed by atoms with Crippen molar-refractivity contribution in [1.82, 2.24) is 0 Å². The molecule has 96 valence electrons. The maximum atomic E-state index is 6.08. The highest BCUT2D eigenvalue weighted by molar-refractivity contribution is 9.10. The molecule has 17 heavy (non-hydrogen) atoms. The van der Waals surface area contributed by atoms with Crippen LogP contribution in [0.1, 0.15) is 27.7 Å². The second-order valence-electron chi connectivity index (χ2n) is 5.40. The predicted octanol–water partition coefficient (Wildman–Crippen LogP) is 4.15. The summed E-state index contributed by atoms with van der Waals surface area (Å²) in [5, 5.41) is 0. The number of nitrogen functional groups attached to an aromatic ring is 1. The summed E-state index contributed by atoms with van der Waals surface area (Å²) in [5.74, 6) is 1.26. The quantitative estimate of drug-likeness (QED) is 0.828. The van der Waals surface area contributed by atoms with E-state index in [2.05, 4.69) is 54.6 Å². The van der Waals surface area contributed by atoms with Crippen molar-refractivity contribution in [2.24, 2.45) is 11.8 Å². The van der Waals surface area contributed by atoms with Crippen molar-refractivity contribution in [1.29, 1.82) is 0 Å². The summed E-state index contributed by atoms with van der Waals surface area (Å²) in [4.78, 5) is 2.38. The third-order valence-corrected chi connectivity index (χ3v) is 3.00. The van der Waals surface area contributed by atoms with Gasteiger partial charge in [-0.15, -0.1) is 0 Å². The Labute approximate surface area is 113 Å². The van der Waals surface area contributed by atoms with Crippen LogP contribution in [0.5, 0.6) is 0 Å². The Morgan fingerprint density at radius 3 is 2.12 bits per heavy atom. The molecular formula is C14H23BrN2. The molecule has 0 spiro atoms. The number of benzene rings is 1. The normalized spacial score (nSPS) is 11.2. The van der Waals surface area contributed by atoms with Gasteiger partial charge in [0.05, 0.1) is 11.4 Å². The smallest absolute Gasteiger partial charge is 0.0611 e. The van der Waals surface area contributed by atoms with Gasteiger partial charge in [0.2, 0.25) is 0 Å². The van der Waals surface area contributed by atoms with E-state index in [0.717, 1.165) is 28.9 Å². The molecule has 0 heterocycles. The third kappa shape index (κ3) is 4.58. The Morgan fingerprint density at radius 1 is 1.12 bits per heavy atom. The Kier molecular flexibility index (Phi) is 5.31. The fourth-order valence-electron chi connectivity index (χ4n) is 1.94. The molecule has 1 aromatic carbocycles.